The summed E-state index contributed by atoms with van der Waals surface area (Å²) in [6.45, 7) is 0. The van der Waals surface area contributed by atoms with E-state index in [0.29, 0.717) is 15.3 Å². The lowest BCUT2D eigenvalue weighted by atomic mass is 10.4. The van der Waals surface area contributed by atoms with Crippen LogP contribution in [-0.4, -0.2) is 22.1 Å². The van der Waals surface area contributed by atoms with Crippen molar-refractivity contribution < 1.29 is 4.74 Å². The second-order valence-corrected chi connectivity index (χ2v) is 4.19. The van der Waals surface area contributed by atoms with Crippen molar-refractivity contribution in [3.63, 3.8) is 0 Å². The van der Waals surface area contributed by atoms with E-state index in [1.165, 1.54) is 6.33 Å². The summed E-state index contributed by atoms with van der Waals surface area (Å²) >= 11 is 1.93. The molecule has 88 valence electrons. The van der Waals surface area contributed by atoms with Crippen molar-refractivity contribution in [3.05, 3.63) is 38.6 Å². The molecule has 0 bridgehead atoms. The number of nitrogens with zero attached hydrogens (tertiary/aromatic N) is 2. The fraction of sp³-hybridized carbons (Fsp3) is 0.100. The highest BCUT2D eigenvalue weighted by Crippen LogP contribution is 2.17. The van der Waals surface area contributed by atoms with E-state index in [4.69, 9.17) is 4.74 Å². The number of rotatable bonds is 3. The number of aromatic nitrogens is 3. The molecule has 2 N–H and O–H groups in total. The normalized spacial score (nSPS) is 10.0. The summed E-state index contributed by atoms with van der Waals surface area (Å²) in [4.78, 5) is 21.9. The van der Waals surface area contributed by atoms with E-state index in [2.05, 4.69) is 20.3 Å². The highest BCUT2D eigenvalue weighted by Gasteiger charge is 2.05. The SMILES string of the molecule is COc1ccc(Nc2nc[nH]c(=O)c2I)cn1. The highest BCUT2D eigenvalue weighted by atomic mass is 127. The van der Waals surface area contributed by atoms with Gasteiger partial charge in [-0.1, -0.05) is 0 Å². The van der Waals surface area contributed by atoms with Crippen molar-refractivity contribution in [2.24, 2.45) is 0 Å². The van der Waals surface area contributed by atoms with Gasteiger partial charge in [0, 0.05) is 6.07 Å². The molecule has 0 atom stereocenters. The number of pyridine rings is 1. The Balaban J connectivity index is 2.25. The summed E-state index contributed by atoms with van der Waals surface area (Å²) in [7, 11) is 1.55. The summed E-state index contributed by atoms with van der Waals surface area (Å²) in [5.41, 5.74) is 0.561. The smallest absolute Gasteiger partial charge is 0.266 e. The van der Waals surface area contributed by atoms with E-state index < -0.39 is 0 Å². The van der Waals surface area contributed by atoms with Gasteiger partial charge < -0.3 is 15.0 Å². The predicted molar refractivity (Wildman–Crippen MR) is 71.6 cm³/mol. The Morgan fingerprint density at radius 2 is 2.24 bits per heavy atom. The molecule has 0 aliphatic rings. The summed E-state index contributed by atoms with van der Waals surface area (Å²) in [5, 5.41) is 3.01. The molecule has 17 heavy (non-hydrogen) atoms. The van der Waals surface area contributed by atoms with Crippen molar-refractivity contribution >= 4 is 34.1 Å². The second-order valence-electron chi connectivity index (χ2n) is 3.11. The molecule has 2 heterocycles. The first kappa shape index (κ1) is 11.8. The first-order valence-corrected chi connectivity index (χ1v) is 5.79. The number of H-pyrrole nitrogens is 1. The van der Waals surface area contributed by atoms with E-state index >= 15 is 0 Å². The number of anilines is 2. The minimum absolute atomic E-state index is 0.176. The Morgan fingerprint density at radius 1 is 1.41 bits per heavy atom. The number of methoxy groups -OCH3 is 1. The Morgan fingerprint density at radius 3 is 2.88 bits per heavy atom. The molecule has 2 rings (SSSR count). The number of halogens is 1. The van der Waals surface area contributed by atoms with Crippen LogP contribution >= 0.6 is 22.6 Å². The van der Waals surface area contributed by atoms with Crippen LogP contribution in [0.5, 0.6) is 5.88 Å². The quantitative estimate of drug-likeness (QED) is 0.826. The molecular weight excluding hydrogens is 335 g/mol. The fourth-order valence-electron chi connectivity index (χ4n) is 1.18. The van der Waals surface area contributed by atoms with Crippen molar-refractivity contribution in [2.45, 2.75) is 0 Å². The van der Waals surface area contributed by atoms with E-state index in [-0.39, 0.29) is 5.56 Å². The molecule has 0 spiro atoms. The largest absolute Gasteiger partial charge is 0.481 e. The maximum Gasteiger partial charge on any atom is 0.266 e. The lowest BCUT2D eigenvalue weighted by Crippen LogP contribution is -2.12. The number of hydrogen-bond donors (Lipinski definition) is 2. The van der Waals surface area contributed by atoms with Gasteiger partial charge in [0.15, 0.2) is 5.82 Å². The molecule has 0 aliphatic heterocycles. The number of aromatic amines is 1. The van der Waals surface area contributed by atoms with E-state index in [1.807, 2.05) is 22.6 Å². The monoisotopic (exact) mass is 344 g/mol. The van der Waals surface area contributed by atoms with Gasteiger partial charge in [-0.15, -0.1) is 0 Å². The lowest BCUT2D eigenvalue weighted by Gasteiger charge is -2.06. The molecule has 7 heteroatoms. The molecule has 2 aromatic rings. The first-order valence-electron chi connectivity index (χ1n) is 4.71. The number of nitrogens with one attached hydrogen (secondary N) is 2. The predicted octanol–water partition coefficient (Wildman–Crippen LogP) is 1.52. The molecule has 0 aliphatic carbocycles. The van der Waals surface area contributed by atoms with Crippen molar-refractivity contribution in [3.8, 4) is 5.88 Å². The van der Waals surface area contributed by atoms with Crippen molar-refractivity contribution in [1.82, 2.24) is 15.0 Å². The summed E-state index contributed by atoms with van der Waals surface area (Å²) < 4.78 is 5.45. The molecule has 0 amide bonds. The molecule has 0 unspecified atom stereocenters. The second kappa shape index (κ2) is 5.13. The van der Waals surface area contributed by atoms with Crippen LogP contribution in [0.25, 0.3) is 0 Å². The van der Waals surface area contributed by atoms with Gasteiger partial charge in [-0.25, -0.2) is 9.97 Å². The summed E-state index contributed by atoms with van der Waals surface area (Å²) in [6.07, 6.45) is 2.96. The van der Waals surface area contributed by atoms with Crippen molar-refractivity contribution in [1.29, 1.82) is 0 Å². The standard InChI is InChI=1S/C10H9IN4O2/c1-17-7-3-2-6(4-12-7)15-9-8(11)10(16)14-5-13-9/h2-5H,1H3,(H2,13,14,15,16). The van der Waals surface area contributed by atoms with Crippen LogP contribution in [0.3, 0.4) is 0 Å². The third-order valence-corrected chi connectivity index (χ3v) is 3.01. The molecule has 0 saturated carbocycles. The Hall–Kier alpha value is -1.64. The number of hydrogen-bond acceptors (Lipinski definition) is 5. The molecule has 0 aromatic carbocycles. The molecule has 0 fully saturated rings. The van der Waals surface area contributed by atoms with Crippen LogP contribution in [0.4, 0.5) is 11.5 Å². The zero-order chi connectivity index (χ0) is 12.3. The van der Waals surface area contributed by atoms with Gasteiger partial charge in [-0.3, -0.25) is 4.79 Å². The fourth-order valence-corrected chi connectivity index (χ4v) is 1.61. The third-order valence-electron chi connectivity index (χ3n) is 2.00. The van der Waals surface area contributed by atoms with Crippen LogP contribution in [0, 0.1) is 3.57 Å². The zero-order valence-corrected chi connectivity index (χ0v) is 11.1. The Labute approximate surface area is 111 Å². The van der Waals surface area contributed by atoms with Gasteiger partial charge in [-0.05, 0) is 28.7 Å². The summed E-state index contributed by atoms with van der Waals surface area (Å²) in [5.74, 6) is 1.03. The van der Waals surface area contributed by atoms with Gasteiger partial charge in [0.25, 0.3) is 5.56 Å². The van der Waals surface area contributed by atoms with Gasteiger partial charge in [0.1, 0.15) is 3.57 Å². The average Bonchev–Trinajstić information content (AvgIpc) is 2.36. The van der Waals surface area contributed by atoms with Gasteiger partial charge in [0.05, 0.1) is 25.3 Å². The molecule has 0 saturated heterocycles. The van der Waals surface area contributed by atoms with E-state index in [0.717, 1.165) is 5.69 Å². The average molecular weight is 344 g/mol. The van der Waals surface area contributed by atoms with E-state index in [1.54, 1.807) is 25.4 Å². The van der Waals surface area contributed by atoms with Crippen LogP contribution in [0.15, 0.2) is 29.5 Å². The maximum atomic E-state index is 11.4. The van der Waals surface area contributed by atoms with Crippen molar-refractivity contribution in [2.75, 3.05) is 12.4 Å². The molecule has 0 radical (unpaired) electrons. The number of ether oxygens (including phenoxy) is 1. The first-order chi connectivity index (χ1) is 8.20. The Bertz CT molecular complexity index is 567. The molecule has 6 nitrogen and oxygen atoms in total. The van der Waals surface area contributed by atoms with E-state index in [9.17, 15) is 4.79 Å². The van der Waals surface area contributed by atoms with Gasteiger partial charge in [0.2, 0.25) is 5.88 Å². The third kappa shape index (κ3) is 2.73. The molecule has 2 aromatic heterocycles. The highest BCUT2D eigenvalue weighted by molar-refractivity contribution is 14.1. The minimum Gasteiger partial charge on any atom is -0.481 e. The maximum absolute atomic E-state index is 11.4. The van der Waals surface area contributed by atoms with Crippen LogP contribution in [0.1, 0.15) is 0 Å². The molecular formula is C10H9IN4O2. The zero-order valence-electron chi connectivity index (χ0n) is 8.90. The Kier molecular flexibility index (Phi) is 3.57. The lowest BCUT2D eigenvalue weighted by molar-refractivity contribution is 0.398. The van der Waals surface area contributed by atoms with Crippen LogP contribution in [-0.2, 0) is 0 Å². The topological polar surface area (TPSA) is 79.9 Å². The van der Waals surface area contributed by atoms with Crippen LogP contribution in [0.2, 0.25) is 0 Å². The van der Waals surface area contributed by atoms with Gasteiger partial charge in [-0.2, -0.15) is 0 Å². The minimum atomic E-state index is -0.176. The summed E-state index contributed by atoms with van der Waals surface area (Å²) in [6, 6.07) is 3.52. The van der Waals surface area contributed by atoms with Gasteiger partial charge >= 0.3 is 0 Å². The van der Waals surface area contributed by atoms with Crippen LogP contribution < -0.4 is 15.6 Å².